The highest BCUT2D eigenvalue weighted by molar-refractivity contribution is 6.79. The molecular weight excluding hydrogens is 963 g/mol. The monoisotopic (exact) mass is 1030 g/mol. The topological polar surface area (TPSA) is 233 Å². The highest BCUT2D eigenvalue weighted by atomic mass is 28.3. The summed E-state index contributed by atoms with van der Waals surface area (Å²) in [4.78, 5) is 112. The van der Waals surface area contributed by atoms with Gasteiger partial charge in [0.05, 0.1) is 14.1 Å². The van der Waals surface area contributed by atoms with E-state index in [4.69, 9.17) is 9.47 Å². The van der Waals surface area contributed by atoms with E-state index in [0.29, 0.717) is 23.5 Å². The van der Waals surface area contributed by atoms with Gasteiger partial charge in [0.1, 0.15) is 36.4 Å². The molecular formula is C55H67N7O11Si. The Kier molecular flexibility index (Phi) is 16.9. The number of benzene rings is 4. The van der Waals surface area contributed by atoms with Crippen LogP contribution in [-0.2, 0) is 48.1 Å². The minimum Gasteiger partial charge on any atom is -0.480 e. The van der Waals surface area contributed by atoms with Gasteiger partial charge in [-0.3, -0.25) is 33.8 Å². The molecule has 18 nitrogen and oxygen atoms in total. The van der Waals surface area contributed by atoms with Gasteiger partial charge in [0.2, 0.25) is 17.7 Å². The van der Waals surface area contributed by atoms with Gasteiger partial charge in [-0.2, -0.15) is 0 Å². The first-order valence-electron chi connectivity index (χ1n) is 25.0. The number of carboxylic acid groups (broad SMARTS) is 1. The van der Waals surface area contributed by atoms with Gasteiger partial charge in [0.25, 0.3) is 11.8 Å². The Balaban J connectivity index is 1.00. The molecule has 7 rings (SSSR count). The van der Waals surface area contributed by atoms with Crippen molar-refractivity contribution in [1.29, 1.82) is 0 Å². The molecule has 74 heavy (non-hydrogen) atoms. The molecule has 2 heterocycles. The van der Waals surface area contributed by atoms with Gasteiger partial charge in [-0.05, 0) is 112 Å². The molecule has 0 unspecified atom stereocenters. The minimum absolute atomic E-state index is 0.0209. The van der Waals surface area contributed by atoms with Crippen molar-refractivity contribution in [3.8, 4) is 0 Å². The lowest BCUT2D eigenvalue weighted by Gasteiger charge is -2.33. The highest BCUT2D eigenvalue weighted by Crippen LogP contribution is 2.33. The Labute approximate surface area is 432 Å². The normalized spacial score (nSPS) is 19.7. The Morgan fingerprint density at radius 1 is 0.797 bits per heavy atom. The number of carbonyl (C=O) groups is 8. The van der Waals surface area contributed by atoms with Crippen LogP contribution in [0.1, 0.15) is 96.0 Å². The van der Waals surface area contributed by atoms with Crippen LogP contribution >= 0.6 is 0 Å². The van der Waals surface area contributed by atoms with Crippen LogP contribution in [-0.4, -0.2) is 131 Å². The average Bonchev–Trinajstić information content (AvgIpc) is 3.95. The fraction of sp³-hybridized carbons (Fsp3) is 0.418. The fourth-order valence-electron chi connectivity index (χ4n) is 9.65. The molecule has 2 saturated heterocycles. The first-order chi connectivity index (χ1) is 35.1. The van der Waals surface area contributed by atoms with Crippen LogP contribution in [0.25, 0.3) is 0 Å². The van der Waals surface area contributed by atoms with E-state index in [-0.39, 0.29) is 49.1 Å². The van der Waals surface area contributed by atoms with E-state index < -0.39 is 85.7 Å². The van der Waals surface area contributed by atoms with Crippen molar-refractivity contribution in [2.45, 2.75) is 127 Å². The van der Waals surface area contributed by atoms with Crippen LogP contribution in [0.3, 0.4) is 0 Å². The Bertz CT molecular complexity index is 2730. The highest BCUT2D eigenvalue weighted by Gasteiger charge is 2.47. The van der Waals surface area contributed by atoms with E-state index in [9.17, 15) is 43.5 Å². The van der Waals surface area contributed by atoms with Crippen molar-refractivity contribution >= 4 is 61.5 Å². The predicted octanol–water partition coefficient (Wildman–Crippen LogP) is 6.47. The second-order valence-electron chi connectivity index (χ2n) is 21.2. The molecule has 0 spiro atoms. The quantitative estimate of drug-likeness (QED) is 0.0810. The number of likely N-dealkylation sites (tertiary alicyclic amines) is 1. The zero-order valence-corrected chi connectivity index (χ0v) is 44.0. The summed E-state index contributed by atoms with van der Waals surface area (Å²) in [6, 6.07) is 25.3. The number of nitrogens with zero attached hydrogens (tertiary/aromatic N) is 3. The molecule has 19 heteroatoms. The molecule has 7 amide bonds. The third-order valence-corrected chi connectivity index (χ3v) is 16.4. The van der Waals surface area contributed by atoms with Gasteiger partial charge in [-0.1, -0.05) is 79.8 Å². The van der Waals surface area contributed by atoms with Gasteiger partial charge < -0.3 is 40.7 Å². The lowest BCUT2D eigenvalue weighted by molar-refractivity contribution is -0.141. The standard InChI is InChI=1S/C55H67N7O11Si/c1-34(60(5)53(70)73-55(2,3)4)47(63)59-44(51(67)62-33-74(6,7)32-46(62)50(66)58-43-19-13-17-37-16-11-12-18-42(37)43)28-35-20-26-40(27-21-35)56-48(64)38-22-24-39(25-23-38)49(65)57-41-29-45(52(68)69)61(30-41)54(71)72-31-36-14-9-8-10-15-36/h8-12,14-16,18,20-27,34,41,43-46H,13,17,19,28-33H2,1-7H3,(H,56,64)(H,57,65)(H,58,66)(H,59,63)(H,68,69)/t34-,41-,43+,44-,45-,46-/m0/s1. The Morgan fingerprint density at radius 2 is 1.45 bits per heavy atom. The molecule has 2 fully saturated rings. The van der Waals surface area contributed by atoms with Gasteiger partial charge >= 0.3 is 18.2 Å². The molecule has 5 N–H and O–H groups in total. The summed E-state index contributed by atoms with van der Waals surface area (Å²) in [7, 11) is -0.656. The van der Waals surface area contributed by atoms with Crippen molar-refractivity contribution in [2.75, 3.05) is 25.1 Å². The van der Waals surface area contributed by atoms with E-state index in [0.717, 1.165) is 35.3 Å². The first-order valence-corrected chi connectivity index (χ1v) is 28.4. The summed E-state index contributed by atoms with van der Waals surface area (Å²) >= 11 is 0. The Hall–Kier alpha value is -7.54. The number of hydrogen-bond acceptors (Lipinski definition) is 10. The number of carbonyl (C=O) groups excluding carboxylic acids is 7. The number of ether oxygens (including phenoxy) is 2. The smallest absolute Gasteiger partial charge is 0.410 e. The number of rotatable bonds is 15. The number of aliphatic carboxylic acids is 1. The van der Waals surface area contributed by atoms with Gasteiger partial charge in [0.15, 0.2) is 0 Å². The number of hydrogen-bond donors (Lipinski definition) is 5. The summed E-state index contributed by atoms with van der Waals surface area (Å²) in [6.45, 7) is 10.9. The van der Waals surface area contributed by atoms with E-state index in [2.05, 4.69) is 40.4 Å². The maximum Gasteiger partial charge on any atom is 0.410 e. The minimum atomic E-state index is -2.11. The van der Waals surface area contributed by atoms with Crippen LogP contribution in [0.4, 0.5) is 15.3 Å². The van der Waals surface area contributed by atoms with Crippen molar-refractivity contribution in [3.05, 3.63) is 137 Å². The summed E-state index contributed by atoms with van der Waals surface area (Å²) in [5.41, 5.74) is 3.74. The van der Waals surface area contributed by atoms with Crippen LogP contribution in [0, 0.1) is 0 Å². The summed E-state index contributed by atoms with van der Waals surface area (Å²) in [6.07, 6.45) is 1.55. The van der Waals surface area contributed by atoms with Crippen molar-refractivity contribution in [1.82, 2.24) is 30.7 Å². The molecule has 1 aliphatic carbocycles. The second-order valence-corrected chi connectivity index (χ2v) is 26.3. The van der Waals surface area contributed by atoms with Crippen LogP contribution in [0.2, 0.25) is 19.1 Å². The molecule has 4 aromatic rings. The van der Waals surface area contributed by atoms with Gasteiger partial charge in [-0.25, -0.2) is 14.4 Å². The predicted molar refractivity (Wildman–Crippen MR) is 279 cm³/mol. The molecule has 0 bridgehead atoms. The number of carboxylic acids is 1. The van der Waals surface area contributed by atoms with Crippen molar-refractivity contribution < 1.29 is 52.9 Å². The molecule has 0 saturated carbocycles. The van der Waals surface area contributed by atoms with Crippen molar-refractivity contribution in [3.63, 3.8) is 0 Å². The molecule has 0 radical (unpaired) electrons. The molecule has 6 atom stereocenters. The molecule has 4 aromatic carbocycles. The number of anilines is 1. The molecule has 392 valence electrons. The lowest BCUT2D eigenvalue weighted by atomic mass is 9.87. The number of nitrogens with one attached hydrogen (secondary N) is 4. The first kappa shape index (κ1) is 54.2. The van der Waals surface area contributed by atoms with Crippen LogP contribution < -0.4 is 21.3 Å². The summed E-state index contributed by atoms with van der Waals surface area (Å²) in [5, 5.41) is 21.6. The lowest BCUT2D eigenvalue weighted by Crippen LogP contribution is -2.57. The number of amides is 7. The molecule has 3 aliphatic rings. The van der Waals surface area contributed by atoms with Crippen LogP contribution in [0.5, 0.6) is 0 Å². The zero-order chi connectivity index (χ0) is 53.5. The van der Waals surface area contributed by atoms with E-state index in [1.165, 1.54) is 41.8 Å². The Morgan fingerprint density at radius 3 is 2.11 bits per heavy atom. The molecule has 2 aliphatic heterocycles. The number of aryl methyl sites for hydroxylation is 1. The van der Waals surface area contributed by atoms with Gasteiger partial charge in [-0.15, -0.1) is 0 Å². The van der Waals surface area contributed by atoms with E-state index in [1.54, 1.807) is 81.1 Å². The summed E-state index contributed by atoms with van der Waals surface area (Å²) in [5.74, 6) is -3.45. The second kappa shape index (κ2) is 23.1. The largest absolute Gasteiger partial charge is 0.480 e. The number of fused-ring (bicyclic) bond motifs is 1. The fourth-order valence-corrected chi connectivity index (χ4v) is 12.5. The SMILES string of the molecule is C[C@@H](C(=O)N[C@@H](Cc1ccc(NC(=O)c2ccc(C(=O)N[C@H]3C[C@@H](C(=O)O)N(C(=O)OCc4ccccc4)C3)cc2)cc1)C(=O)N1C[Si](C)(C)C[C@H]1C(=O)N[C@@H]1CCCc2ccccc21)N(C)C(=O)OC(C)(C)C. The van der Waals surface area contributed by atoms with Crippen LogP contribution in [0.15, 0.2) is 103 Å². The maximum atomic E-state index is 14.9. The van der Waals surface area contributed by atoms with E-state index in [1.807, 2.05) is 24.3 Å². The summed E-state index contributed by atoms with van der Waals surface area (Å²) < 4.78 is 10.9. The van der Waals surface area contributed by atoms with E-state index >= 15 is 0 Å². The zero-order valence-electron chi connectivity index (χ0n) is 43.0. The van der Waals surface area contributed by atoms with Crippen molar-refractivity contribution in [2.24, 2.45) is 0 Å². The van der Waals surface area contributed by atoms with Gasteiger partial charge in [0, 0.05) is 55.5 Å². The third-order valence-electron chi connectivity index (χ3n) is 13.7. The average molecular weight is 1030 g/mol. The third kappa shape index (κ3) is 13.7. The maximum absolute atomic E-state index is 14.9. The molecule has 0 aromatic heterocycles. The number of likely N-dealkylation sites (N-methyl/N-ethyl adjacent to an activating group) is 1.